The van der Waals surface area contributed by atoms with Crippen molar-refractivity contribution in [3.05, 3.63) is 34.9 Å². The van der Waals surface area contributed by atoms with E-state index in [0.29, 0.717) is 25.3 Å². The van der Waals surface area contributed by atoms with Crippen LogP contribution in [0.3, 0.4) is 0 Å². The summed E-state index contributed by atoms with van der Waals surface area (Å²) in [7, 11) is 1.78. The van der Waals surface area contributed by atoms with Gasteiger partial charge in [-0.3, -0.25) is 4.79 Å². The molecule has 1 aromatic rings. The van der Waals surface area contributed by atoms with Crippen LogP contribution in [0.1, 0.15) is 35.3 Å². The van der Waals surface area contributed by atoms with Gasteiger partial charge in [-0.25, -0.2) is 0 Å². The second-order valence-electron chi connectivity index (χ2n) is 5.24. The monoisotopic (exact) mass is 288 g/mol. The maximum Gasteiger partial charge on any atom is 0.253 e. The number of nitrogens with two attached hydrogens (primary N) is 1. The maximum atomic E-state index is 12.4. The van der Waals surface area contributed by atoms with Gasteiger partial charge in [0.05, 0.1) is 19.3 Å². The Bertz CT molecular complexity index is 541. The van der Waals surface area contributed by atoms with E-state index in [0.717, 1.165) is 11.1 Å². The summed E-state index contributed by atoms with van der Waals surface area (Å²) in [6.07, 6.45) is 0.172. The van der Waals surface area contributed by atoms with Gasteiger partial charge in [0.2, 0.25) is 0 Å². The Morgan fingerprint density at radius 2 is 2.10 bits per heavy atom. The molecule has 4 heteroatoms. The van der Waals surface area contributed by atoms with Crippen LogP contribution >= 0.6 is 0 Å². The standard InChI is InChI=1S/C17H24N2O2/c1-13(2)21-9-8-19(4)17(20)16-11-14(3)10-15(12-16)6-5-7-18/h10-13H,7-9,18H2,1-4H3. The highest BCUT2D eigenvalue weighted by atomic mass is 16.5. The van der Waals surface area contributed by atoms with E-state index in [9.17, 15) is 4.79 Å². The van der Waals surface area contributed by atoms with Crippen LogP contribution < -0.4 is 5.73 Å². The van der Waals surface area contributed by atoms with Crippen LogP contribution in [0.25, 0.3) is 0 Å². The number of aryl methyl sites for hydroxylation is 1. The Morgan fingerprint density at radius 3 is 2.71 bits per heavy atom. The molecular formula is C17H24N2O2. The van der Waals surface area contributed by atoms with E-state index in [1.54, 1.807) is 18.0 Å². The third kappa shape index (κ3) is 5.99. The molecule has 0 bridgehead atoms. The Balaban J connectivity index is 2.79. The van der Waals surface area contributed by atoms with Gasteiger partial charge in [0, 0.05) is 24.7 Å². The lowest BCUT2D eigenvalue weighted by Crippen LogP contribution is -2.30. The molecule has 0 fully saturated rings. The van der Waals surface area contributed by atoms with Gasteiger partial charge in [-0.2, -0.15) is 0 Å². The number of rotatable bonds is 5. The molecule has 1 aromatic carbocycles. The Morgan fingerprint density at radius 1 is 1.38 bits per heavy atom. The number of hydrogen-bond acceptors (Lipinski definition) is 3. The largest absolute Gasteiger partial charge is 0.377 e. The first-order valence-electron chi connectivity index (χ1n) is 7.11. The lowest BCUT2D eigenvalue weighted by atomic mass is 10.1. The van der Waals surface area contributed by atoms with Crippen molar-refractivity contribution in [3.8, 4) is 11.8 Å². The van der Waals surface area contributed by atoms with Crippen molar-refractivity contribution in [1.29, 1.82) is 0 Å². The number of carbonyl (C=O) groups excluding carboxylic acids is 1. The fraction of sp³-hybridized carbons (Fsp3) is 0.471. The van der Waals surface area contributed by atoms with Crippen molar-refractivity contribution in [1.82, 2.24) is 4.90 Å². The molecule has 0 aliphatic carbocycles. The van der Waals surface area contributed by atoms with Crippen LogP contribution in [0.2, 0.25) is 0 Å². The number of carbonyl (C=O) groups is 1. The normalized spacial score (nSPS) is 10.2. The molecule has 0 saturated heterocycles. The minimum Gasteiger partial charge on any atom is -0.377 e. The molecule has 0 aliphatic rings. The zero-order valence-electron chi connectivity index (χ0n) is 13.3. The third-order valence-electron chi connectivity index (χ3n) is 2.88. The maximum absolute atomic E-state index is 12.4. The number of hydrogen-bond donors (Lipinski definition) is 1. The average Bonchev–Trinajstić information content (AvgIpc) is 2.43. The molecule has 0 atom stereocenters. The summed E-state index contributed by atoms with van der Waals surface area (Å²) in [6, 6.07) is 5.62. The summed E-state index contributed by atoms with van der Waals surface area (Å²) in [5, 5.41) is 0. The molecule has 0 aromatic heterocycles. The topological polar surface area (TPSA) is 55.6 Å². The smallest absolute Gasteiger partial charge is 0.253 e. The molecule has 0 aliphatic heterocycles. The number of likely N-dealkylation sites (N-methyl/N-ethyl adjacent to an activating group) is 1. The van der Waals surface area contributed by atoms with E-state index in [1.807, 2.05) is 32.9 Å². The van der Waals surface area contributed by atoms with E-state index in [-0.39, 0.29) is 12.0 Å². The van der Waals surface area contributed by atoms with Gasteiger partial charge in [0.15, 0.2) is 0 Å². The first-order chi connectivity index (χ1) is 9.93. The van der Waals surface area contributed by atoms with Crippen molar-refractivity contribution in [3.63, 3.8) is 0 Å². The molecule has 2 N–H and O–H groups in total. The lowest BCUT2D eigenvalue weighted by Gasteiger charge is -2.18. The number of amides is 1. The first kappa shape index (κ1) is 17.2. The zero-order chi connectivity index (χ0) is 15.8. The molecule has 0 spiro atoms. The van der Waals surface area contributed by atoms with Crippen molar-refractivity contribution in [2.24, 2.45) is 5.73 Å². The van der Waals surface area contributed by atoms with E-state index in [2.05, 4.69) is 11.8 Å². The van der Waals surface area contributed by atoms with Gasteiger partial charge in [-0.05, 0) is 44.5 Å². The molecule has 1 amide bonds. The van der Waals surface area contributed by atoms with E-state index in [4.69, 9.17) is 10.5 Å². The highest BCUT2D eigenvalue weighted by Crippen LogP contribution is 2.11. The number of benzene rings is 1. The highest BCUT2D eigenvalue weighted by molar-refractivity contribution is 5.94. The van der Waals surface area contributed by atoms with E-state index < -0.39 is 0 Å². The molecule has 4 nitrogen and oxygen atoms in total. The van der Waals surface area contributed by atoms with Crippen LogP contribution in [-0.4, -0.2) is 43.7 Å². The Kier molecular flexibility index (Phi) is 6.93. The van der Waals surface area contributed by atoms with Crippen molar-refractivity contribution >= 4 is 5.91 Å². The fourth-order valence-electron chi connectivity index (χ4n) is 1.88. The van der Waals surface area contributed by atoms with Gasteiger partial charge < -0.3 is 15.4 Å². The van der Waals surface area contributed by atoms with Crippen molar-refractivity contribution in [2.45, 2.75) is 26.9 Å². The first-order valence-corrected chi connectivity index (χ1v) is 7.11. The third-order valence-corrected chi connectivity index (χ3v) is 2.88. The molecule has 0 heterocycles. The fourth-order valence-corrected chi connectivity index (χ4v) is 1.88. The SMILES string of the molecule is Cc1cc(C#CCN)cc(C(=O)N(C)CCOC(C)C)c1. The van der Waals surface area contributed by atoms with E-state index >= 15 is 0 Å². The average molecular weight is 288 g/mol. The minimum absolute atomic E-state index is 0.0261. The predicted molar refractivity (Wildman–Crippen MR) is 85.2 cm³/mol. The zero-order valence-corrected chi connectivity index (χ0v) is 13.3. The molecule has 0 radical (unpaired) electrons. The van der Waals surface area contributed by atoms with E-state index in [1.165, 1.54) is 0 Å². The van der Waals surface area contributed by atoms with Crippen LogP contribution in [0, 0.1) is 18.8 Å². The Hall–Kier alpha value is -1.83. The summed E-state index contributed by atoms with van der Waals surface area (Å²) >= 11 is 0. The van der Waals surface area contributed by atoms with Gasteiger partial charge in [0.1, 0.15) is 0 Å². The van der Waals surface area contributed by atoms with Crippen molar-refractivity contribution in [2.75, 3.05) is 26.7 Å². The molecule has 1 rings (SSSR count). The minimum atomic E-state index is -0.0261. The number of nitrogens with zero attached hydrogens (tertiary/aromatic N) is 1. The van der Waals surface area contributed by atoms with Gasteiger partial charge >= 0.3 is 0 Å². The van der Waals surface area contributed by atoms with Crippen LogP contribution in [0.4, 0.5) is 0 Å². The molecule has 114 valence electrons. The summed E-state index contributed by atoms with van der Waals surface area (Å²) in [5.41, 5.74) is 7.84. The summed E-state index contributed by atoms with van der Waals surface area (Å²) < 4.78 is 5.47. The summed E-state index contributed by atoms with van der Waals surface area (Å²) in [5.74, 6) is 5.75. The van der Waals surface area contributed by atoms with Crippen LogP contribution in [0.5, 0.6) is 0 Å². The quantitative estimate of drug-likeness (QED) is 0.841. The summed E-state index contributed by atoms with van der Waals surface area (Å²) in [4.78, 5) is 14.1. The Labute approximate surface area is 127 Å². The highest BCUT2D eigenvalue weighted by Gasteiger charge is 2.12. The predicted octanol–water partition coefficient (Wildman–Crippen LogP) is 1.80. The van der Waals surface area contributed by atoms with Crippen LogP contribution in [-0.2, 0) is 4.74 Å². The second-order valence-corrected chi connectivity index (χ2v) is 5.24. The van der Waals surface area contributed by atoms with Gasteiger partial charge in [-0.15, -0.1) is 0 Å². The number of ether oxygens (including phenoxy) is 1. The molecule has 21 heavy (non-hydrogen) atoms. The van der Waals surface area contributed by atoms with Gasteiger partial charge in [0.25, 0.3) is 5.91 Å². The van der Waals surface area contributed by atoms with Gasteiger partial charge in [-0.1, -0.05) is 11.8 Å². The molecular weight excluding hydrogens is 264 g/mol. The summed E-state index contributed by atoms with van der Waals surface area (Å²) in [6.45, 7) is 7.31. The van der Waals surface area contributed by atoms with Crippen LogP contribution in [0.15, 0.2) is 18.2 Å². The lowest BCUT2D eigenvalue weighted by molar-refractivity contribution is 0.0532. The second kappa shape index (κ2) is 8.46. The molecule has 0 saturated carbocycles. The molecule has 0 unspecified atom stereocenters. The van der Waals surface area contributed by atoms with Crippen molar-refractivity contribution < 1.29 is 9.53 Å².